The van der Waals surface area contributed by atoms with Crippen LogP contribution in [0.4, 0.5) is 5.69 Å². The highest BCUT2D eigenvalue weighted by atomic mass is 35.5. The molecule has 0 bridgehead atoms. The van der Waals surface area contributed by atoms with Gasteiger partial charge in [-0.3, -0.25) is 13.9 Å². The Bertz CT molecular complexity index is 1050. The van der Waals surface area contributed by atoms with Crippen molar-refractivity contribution in [3.8, 4) is 0 Å². The molecule has 9 heteroatoms. The lowest BCUT2D eigenvalue weighted by Crippen LogP contribution is -2.49. The van der Waals surface area contributed by atoms with Crippen molar-refractivity contribution in [3.05, 3.63) is 65.2 Å². The Morgan fingerprint density at radius 1 is 1.06 bits per heavy atom. The van der Waals surface area contributed by atoms with E-state index in [-0.39, 0.29) is 24.8 Å². The first kappa shape index (κ1) is 27.7. The number of nitrogens with one attached hydrogen (secondary N) is 1. The van der Waals surface area contributed by atoms with Gasteiger partial charge in [0.05, 0.1) is 11.9 Å². The van der Waals surface area contributed by atoms with Crippen molar-refractivity contribution in [1.82, 2.24) is 10.2 Å². The number of hydrogen-bond acceptors (Lipinski definition) is 4. The zero-order chi connectivity index (χ0) is 25.1. The maximum atomic E-state index is 13.3. The Hall–Kier alpha value is -2.58. The second-order valence-electron chi connectivity index (χ2n) is 8.14. The minimum absolute atomic E-state index is 0.108. The van der Waals surface area contributed by atoms with Crippen LogP contribution in [0, 0.1) is 0 Å². The van der Waals surface area contributed by atoms with Crippen LogP contribution in [0.15, 0.2) is 54.6 Å². The molecule has 1 N–H and O–H groups in total. The van der Waals surface area contributed by atoms with Crippen LogP contribution in [0.3, 0.4) is 0 Å². The molecular formula is C25H34ClN3O4S. The third-order valence-corrected chi connectivity index (χ3v) is 6.81. The molecule has 0 saturated carbocycles. The molecule has 1 atom stereocenters. The molecule has 0 radical (unpaired) electrons. The summed E-state index contributed by atoms with van der Waals surface area (Å²) in [6, 6.07) is 15.5. The Kier molecular flexibility index (Phi) is 10.9. The molecule has 0 heterocycles. The minimum Gasteiger partial charge on any atom is -0.354 e. The van der Waals surface area contributed by atoms with Gasteiger partial charge in [-0.1, -0.05) is 61.8 Å². The number of carbonyl (C=O) groups excluding carboxylic acids is 2. The molecule has 34 heavy (non-hydrogen) atoms. The molecule has 0 saturated heterocycles. The Morgan fingerprint density at radius 3 is 2.35 bits per heavy atom. The number of benzene rings is 2. The molecule has 2 aromatic rings. The number of anilines is 1. The summed E-state index contributed by atoms with van der Waals surface area (Å²) in [5.74, 6) is -0.368. The molecular weight excluding hydrogens is 474 g/mol. The molecule has 2 amide bonds. The quantitative estimate of drug-likeness (QED) is 0.439. The number of rotatable bonds is 13. The first-order valence-electron chi connectivity index (χ1n) is 11.5. The average Bonchev–Trinajstić information content (AvgIpc) is 2.80. The van der Waals surface area contributed by atoms with E-state index in [0.29, 0.717) is 36.6 Å². The van der Waals surface area contributed by atoms with E-state index in [1.54, 1.807) is 29.2 Å². The first-order chi connectivity index (χ1) is 16.2. The van der Waals surface area contributed by atoms with Gasteiger partial charge in [0.1, 0.15) is 6.04 Å². The standard InChI is InChI=1S/C25H34ClN3O4S/c1-4-16-27-25(31)23(5-2)28(19-20-11-7-6-8-12-20)24(30)15-10-17-29(34(3,32)33)22-14-9-13-21(26)18-22/h6-9,11-14,18,23H,4-5,10,15-17,19H2,1-3H3,(H,27,31). The number of carbonyl (C=O) groups is 2. The summed E-state index contributed by atoms with van der Waals surface area (Å²) in [4.78, 5) is 27.7. The van der Waals surface area contributed by atoms with E-state index in [1.807, 2.05) is 44.2 Å². The fraction of sp³-hybridized carbons (Fsp3) is 0.440. The molecule has 0 aliphatic carbocycles. The van der Waals surface area contributed by atoms with Gasteiger partial charge < -0.3 is 10.2 Å². The van der Waals surface area contributed by atoms with Crippen molar-refractivity contribution in [1.29, 1.82) is 0 Å². The van der Waals surface area contributed by atoms with E-state index in [0.717, 1.165) is 18.2 Å². The molecule has 0 fully saturated rings. The van der Waals surface area contributed by atoms with Crippen molar-refractivity contribution in [2.24, 2.45) is 0 Å². The van der Waals surface area contributed by atoms with Crippen molar-refractivity contribution in [2.45, 2.75) is 52.1 Å². The Balaban J connectivity index is 2.17. The van der Waals surface area contributed by atoms with Crippen LogP contribution >= 0.6 is 11.6 Å². The van der Waals surface area contributed by atoms with Crippen LogP contribution in [-0.2, 0) is 26.2 Å². The van der Waals surface area contributed by atoms with Gasteiger partial charge in [0.15, 0.2) is 0 Å². The summed E-state index contributed by atoms with van der Waals surface area (Å²) in [7, 11) is -3.56. The molecule has 2 rings (SSSR count). The second-order valence-corrected chi connectivity index (χ2v) is 10.5. The number of sulfonamides is 1. The Morgan fingerprint density at radius 2 is 1.76 bits per heavy atom. The average molecular weight is 508 g/mol. The van der Waals surface area contributed by atoms with Crippen LogP contribution < -0.4 is 9.62 Å². The van der Waals surface area contributed by atoms with Gasteiger partial charge in [-0.2, -0.15) is 0 Å². The predicted octanol–water partition coefficient (Wildman–Crippen LogP) is 4.22. The van der Waals surface area contributed by atoms with E-state index >= 15 is 0 Å². The van der Waals surface area contributed by atoms with Gasteiger partial charge in [0.25, 0.3) is 0 Å². The number of hydrogen-bond donors (Lipinski definition) is 1. The third kappa shape index (κ3) is 8.33. The van der Waals surface area contributed by atoms with Gasteiger partial charge in [-0.15, -0.1) is 0 Å². The largest absolute Gasteiger partial charge is 0.354 e. The van der Waals surface area contributed by atoms with Crippen LogP contribution in [0.25, 0.3) is 0 Å². The maximum Gasteiger partial charge on any atom is 0.242 e. The smallest absolute Gasteiger partial charge is 0.242 e. The normalized spacial score (nSPS) is 12.1. The lowest BCUT2D eigenvalue weighted by Gasteiger charge is -2.31. The predicted molar refractivity (Wildman–Crippen MR) is 137 cm³/mol. The molecule has 186 valence electrons. The molecule has 1 unspecified atom stereocenters. The fourth-order valence-corrected chi connectivity index (χ4v) is 4.84. The van der Waals surface area contributed by atoms with Crippen LogP contribution in [0.1, 0.15) is 45.1 Å². The zero-order valence-electron chi connectivity index (χ0n) is 20.0. The monoisotopic (exact) mass is 507 g/mol. The van der Waals surface area contributed by atoms with Crippen molar-refractivity contribution in [2.75, 3.05) is 23.7 Å². The molecule has 0 spiro atoms. The van der Waals surface area contributed by atoms with E-state index < -0.39 is 16.1 Å². The SMILES string of the molecule is CCCNC(=O)C(CC)N(Cc1ccccc1)C(=O)CCCN(c1cccc(Cl)c1)S(C)(=O)=O. The van der Waals surface area contributed by atoms with Gasteiger partial charge in [0, 0.05) is 31.1 Å². The molecule has 0 aliphatic heterocycles. The topological polar surface area (TPSA) is 86.8 Å². The highest BCUT2D eigenvalue weighted by Crippen LogP contribution is 2.23. The van der Waals surface area contributed by atoms with Crippen LogP contribution in [-0.4, -0.2) is 50.5 Å². The first-order valence-corrected chi connectivity index (χ1v) is 13.7. The third-order valence-electron chi connectivity index (χ3n) is 5.38. The Labute approximate surface area is 208 Å². The second kappa shape index (κ2) is 13.3. The number of amides is 2. The summed E-state index contributed by atoms with van der Waals surface area (Å²) < 4.78 is 26.0. The summed E-state index contributed by atoms with van der Waals surface area (Å²) >= 11 is 6.04. The molecule has 2 aromatic carbocycles. The lowest BCUT2D eigenvalue weighted by atomic mass is 10.1. The van der Waals surface area contributed by atoms with Gasteiger partial charge in [-0.25, -0.2) is 8.42 Å². The summed E-state index contributed by atoms with van der Waals surface area (Å²) in [5, 5.41) is 3.32. The van der Waals surface area contributed by atoms with E-state index in [4.69, 9.17) is 11.6 Å². The maximum absolute atomic E-state index is 13.3. The van der Waals surface area contributed by atoms with Gasteiger partial charge >= 0.3 is 0 Å². The van der Waals surface area contributed by atoms with Crippen molar-refractivity contribution >= 4 is 39.1 Å². The highest BCUT2D eigenvalue weighted by Gasteiger charge is 2.28. The zero-order valence-corrected chi connectivity index (χ0v) is 21.6. The number of halogens is 1. The summed E-state index contributed by atoms with van der Waals surface area (Å²) in [6.07, 6.45) is 2.82. The molecule has 7 nitrogen and oxygen atoms in total. The van der Waals surface area contributed by atoms with E-state index in [2.05, 4.69) is 5.32 Å². The van der Waals surface area contributed by atoms with Gasteiger partial charge in [0.2, 0.25) is 21.8 Å². The lowest BCUT2D eigenvalue weighted by molar-refractivity contribution is -0.141. The minimum atomic E-state index is -3.56. The van der Waals surface area contributed by atoms with Crippen molar-refractivity contribution < 1.29 is 18.0 Å². The van der Waals surface area contributed by atoms with Crippen molar-refractivity contribution in [3.63, 3.8) is 0 Å². The van der Waals surface area contributed by atoms with Crippen LogP contribution in [0.2, 0.25) is 5.02 Å². The fourth-order valence-electron chi connectivity index (χ4n) is 3.70. The molecule has 0 aromatic heterocycles. The highest BCUT2D eigenvalue weighted by molar-refractivity contribution is 7.92. The van der Waals surface area contributed by atoms with Crippen LogP contribution in [0.5, 0.6) is 0 Å². The van der Waals surface area contributed by atoms with E-state index in [9.17, 15) is 18.0 Å². The molecule has 0 aliphatic rings. The summed E-state index contributed by atoms with van der Waals surface area (Å²) in [5.41, 5.74) is 1.38. The van der Waals surface area contributed by atoms with Gasteiger partial charge in [-0.05, 0) is 43.0 Å². The number of nitrogens with zero attached hydrogens (tertiary/aromatic N) is 2. The summed E-state index contributed by atoms with van der Waals surface area (Å²) in [6.45, 7) is 4.84. The van der Waals surface area contributed by atoms with E-state index in [1.165, 1.54) is 4.31 Å².